The van der Waals surface area contributed by atoms with Gasteiger partial charge in [-0.1, -0.05) is 29.3 Å². The summed E-state index contributed by atoms with van der Waals surface area (Å²) >= 11 is 12.0. The van der Waals surface area contributed by atoms with Crippen molar-refractivity contribution in [2.75, 3.05) is 19.0 Å². The molecule has 0 atom stereocenters. The monoisotopic (exact) mass is 605 g/mol. The number of rotatable bonds is 3. The molecule has 0 unspecified atom stereocenters. The Balaban J connectivity index is 0.000000196. The average molecular weight is 607 g/mol. The molecule has 1 saturated heterocycles. The second kappa shape index (κ2) is 13.2. The van der Waals surface area contributed by atoms with Crippen LogP contribution in [0.1, 0.15) is 55.2 Å². The van der Waals surface area contributed by atoms with Crippen LogP contribution < -0.4 is 10.2 Å². The van der Waals surface area contributed by atoms with E-state index in [-0.39, 0.29) is 22.5 Å². The number of nitrogens with zero attached hydrogens (tertiary/aromatic N) is 6. The van der Waals surface area contributed by atoms with E-state index in [1.54, 1.807) is 33.0 Å². The highest BCUT2D eigenvalue weighted by Crippen LogP contribution is 2.45. The number of halogens is 2. The maximum atomic E-state index is 12.7. The molecule has 2 aromatic rings. The van der Waals surface area contributed by atoms with Crippen LogP contribution in [0.2, 0.25) is 10.0 Å². The van der Waals surface area contributed by atoms with Crippen LogP contribution in [-0.4, -0.2) is 48.1 Å². The van der Waals surface area contributed by atoms with Gasteiger partial charge in [-0.2, -0.15) is 15.5 Å². The van der Waals surface area contributed by atoms with Crippen LogP contribution in [0, 0.1) is 43.1 Å². The van der Waals surface area contributed by atoms with Crippen molar-refractivity contribution < 1.29 is 14.4 Å². The fourth-order valence-electron chi connectivity index (χ4n) is 4.91. The maximum absolute atomic E-state index is 12.7. The Hall–Kier alpha value is -4.23. The number of hydrogen-bond donors (Lipinski definition) is 1. The van der Waals surface area contributed by atoms with Crippen LogP contribution >= 0.6 is 23.2 Å². The smallest absolute Gasteiger partial charge is 0.312 e. The van der Waals surface area contributed by atoms with Crippen LogP contribution in [0.3, 0.4) is 0 Å². The fourth-order valence-corrected chi connectivity index (χ4v) is 5.32. The molecule has 1 aliphatic heterocycles. The van der Waals surface area contributed by atoms with E-state index in [1.165, 1.54) is 34.4 Å². The van der Waals surface area contributed by atoms with E-state index in [0.29, 0.717) is 51.6 Å². The molecule has 0 aromatic heterocycles. The number of isocyanates is 1. The van der Waals surface area contributed by atoms with Gasteiger partial charge in [0.05, 0.1) is 39.6 Å². The number of urea groups is 1. The average Bonchev–Trinajstić information content (AvgIpc) is 3.14. The Kier molecular flexibility index (Phi) is 10.1. The molecule has 42 heavy (non-hydrogen) atoms. The minimum atomic E-state index is -0.677. The second-order valence-corrected chi connectivity index (χ2v) is 11.0. The molecule has 1 N–H and O–H groups in total. The standard InChI is InChI=1S/C15H14ClN3O2.C9H5ClN2O.C6H10N2/c1-9-11(5-4-10(8-17)12(9)16)19-13(20)15(6-3-7-15)18(2)14(19)21;1-6-7(12-5-13)3-4-8(11-2)9(6)10;1-8-6(5-7)3-2-4-6/h4-5H,3,6-7H2,1-2H3;3-4H,1H3;8H,2-4H2,1H3. The summed E-state index contributed by atoms with van der Waals surface area (Å²) < 4.78 is 0. The zero-order valence-corrected chi connectivity index (χ0v) is 25.2. The molecule has 12 heteroatoms. The van der Waals surface area contributed by atoms with Gasteiger partial charge in [0.15, 0.2) is 0 Å². The minimum absolute atomic E-state index is 0.139. The second-order valence-electron chi connectivity index (χ2n) is 10.2. The molecule has 0 bridgehead atoms. The Morgan fingerprint density at radius 3 is 2.07 bits per heavy atom. The Bertz CT molecular complexity index is 1580. The number of anilines is 1. The first-order valence-electron chi connectivity index (χ1n) is 13.1. The van der Waals surface area contributed by atoms with Gasteiger partial charge in [0.25, 0.3) is 5.91 Å². The number of nitriles is 2. The molecule has 2 aromatic carbocycles. The SMILES string of the molecule is CNC1(C#N)CCC1.Cc1c(N2C(=O)N(C)C3(CCC3)C2=O)ccc(C#N)c1Cl.[C-]#[N+]c1ccc(N=C=O)c(C)c1Cl. The number of carbonyl (C=O) groups is 2. The van der Waals surface area contributed by atoms with Gasteiger partial charge in [0.1, 0.15) is 17.1 Å². The summed E-state index contributed by atoms with van der Waals surface area (Å²) in [6.45, 7) is 10.2. The maximum Gasteiger partial charge on any atom is 0.332 e. The largest absolute Gasteiger partial charge is 0.332 e. The summed E-state index contributed by atoms with van der Waals surface area (Å²) in [5.74, 6) is -0.190. The lowest BCUT2D eigenvalue weighted by Gasteiger charge is -2.40. The van der Waals surface area contributed by atoms with E-state index in [9.17, 15) is 14.4 Å². The minimum Gasteiger partial charge on any atom is -0.312 e. The van der Waals surface area contributed by atoms with Gasteiger partial charge in [0, 0.05) is 7.05 Å². The molecule has 3 fully saturated rings. The number of likely N-dealkylation sites (N-methyl/N-ethyl adjacent to an activating group) is 1. The molecule has 2 saturated carbocycles. The lowest BCUT2D eigenvalue weighted by atomic mass is 9.76. The lowest BCUT2D eigenvalue weighted by Crippen LogP contribution is -2.53. The third kappa shape index (κ3) is 5.74. The molecular formula is C30H29Cl2N7O3. The summed E-state index contributed by atoms with van der Waals surface area (Å²) in [5, 5.41) is 21.1. The van der Waals surface area contributed by atoms with Gasteiger partial charge in [-0.05, 0) is 88.7 Å². The number of nitrogens with one attached hydrogen (secondary N) is 1. The zero-order chi connectivity index (χ0) is 31.2. The topological polar surface area (TPSA) is 134 Å². The van der Waals surface area contributed by atoms with Crippen molar-refractivity contribution in [2.24, 2.45) is 4.99 Å². The fraction of sp³-hybridized carbons (Fsp3) is 0.400. The molecule has 3 aliphatic rings. The number of hydrogen-bond acceptors (Lipinski definition) is 7. The van der Waals surface area contributed by atoms with E-state index in [0.717, 1.165) is 19.3 Å². The number of benzene rings is 2. The van der Waals surface area contributed by atoms with E-state index < -0.39 is 5.54 Å². The predicted molar refractivity (Wildman–Crippen MR) is 160 cm³/mol. The third-order valence-corrected chi connectivity index (χ3v) is 9.11. The number of amides is 3. The Labute approximate surface area is 254 Å². The van der Waals surface area contributed by atoms with Crippen molar-refractivity contribution in [3.05, 3.63) is 62.4 Å². The first-order chi connectivity index (χ1) is 20.0. The Morgan fingerprint density at radius 2 is 1.67 bits per heavy atom. The predicted octanol–water partition coefficient (Wildman–Crippen LogP) is 6.66. The first kappa shape index (κ1) is 32.3. The molecule has 10 nitrogen and oxygen atoms in total. The first-order valence-corrected chi connectivity index (χ1v) is 13.9. The number of imide groups is 1. The van der Waals surface area contributed by atoms with Crippen molar-refractivity contribution in [2.45, 2.75) is 63.5 Å². The molecule has 1 heterocycles. The number of carbonyl (C=O) groups excluding carboxylic acids is 3. The van der Waals surface area contributed by atoms with Crippen molar-refractivity contribution >= 4 is 58.3 Å². The van der Waals surface area contributed by atoms with Crippen LogP contribution in [0.25, 0.3) is 4.85 Å². The number of aliphatic imine (C=N–C) groups is 1. The van der Waals surface area contributed by atoms with Crippen molar-refractivity contribution in [3.63, 3.8) is 0 Å². The zero-order valence-electron chi connectivity index (χ0n) is 23.7. The molecular weight excluding hydrogens is 577 g/mol. The van der Waals surface area contributed by atoms with Gasteiger partial charge in [-0.25, -0.2) is 19.3 Å². The van der Waals surface area contributed by atoms with Crippen molar-refractivity contribution in [3.8, 4) is 12.1 Å². The summed E-state index contributed by atoms with van der Waals surface area (Å²) in [7, 11) is 3.52. The van der Waals surface area contributed by atoms with Crippen LogP contribution in [0.5, 0.6) is 0 Å². The highest BCUT2D eigenvalue weighted by atomic mass is 35.5. The van der Waals surface area contributed by atoms with Gasteiger partial charge in [0.2, 0.25) is 11.8 Å². The van der Waals surface area contributed by atoms with Crippen molar-refractivity contribution in [1.29, 1.82) is 10.5 Å². The van der Waals surface area contributed by atoms with Gasteiger partial charge >= 0.3 is 6.03 Å². The van der Waals surface area contributed by atoms with Crippen LogP contribution in [0.15, 0.2) is 29.3 Å². The Morgan fingerprint density at radius 1 is 1.02 bits per heavy atom. The lowest BCUT2D eigenvalue weighted by molar-refractivity contribution is -0.128. The molecule has 3 amide bonds. The summed E-state index contributed by atoms with van der Waals surface area (Å²) in [6, 6.07) is 10.2. The van der Waals surface area contributed by atoms with E-state index in [2.05, 4.69) is 21.2 Å². The van der Waals surface area contributed by atoms with Gasteiger partial charge in [-0.15, -0.1) is 0 Å². The van der Waals surface area contributed by atoms with E-state index in [1.807, 2.05) is 13.1 Å². The summed E-state index contributed by atoms with van der Waals surface area (Å²) in [6.07, 6.45) is 7.04. The van der Waals surface area contributed by atoms with Gasteiger partial charge in [-0.3, -0.25) is 4.79 Å². The molecule has 0 radical (unpaired) electrons. The summed E-state index contributed by atoms with van der Waals surface area (Å²) in [4.78, 5) is 44.6. The van der Waals surface area contributed by atoms with Gasteiger partial charge < -0.3 is 10.2 Å². The van der Waals surface area contributed by atoms with Crippen LogP contribution in [0.4, 0.5) is 21.9 Å². The highest BCUT2D eigenvalue weighted by Gasteiger charge is 2.59. The molecule has 1 spiro atoms. The quantitative estimate of drug-likeness (QED) is 0.180. The normalized spacial score (nSPS) is 17.1. The molecule has 2 aliphatic carbocycles. The summed E-state index contributed by atoms with van der Waals surface area (Å²) in [5.41, 5.74) is 2.00. The molecule has 216 valence electrons. The van der Waals surface area contributed by atoms with Crippen LogP contribution in [-0.2, 0) is 9.59 Å². The van der Waals surface area contributed by atoms with E-state index >= 15 is 0 Å². The van der Waals surface area contributed by atoms with Crippen molar-refractivity contribution in [1.82, 2.24) is 10.2 Å². The molecule has 5 rings (SSSR count). The third-order valence-electron chi connectivity index (χ3n) is 8.14. The van der Waals surface area contributed by atoms with E-state index in [4.69, 9.17) is 40.3 Å². The highest BCUT2D eigenvalue weighted by molar-refractivity contribution is 6.34.